The molecule has 2 rings (SSSR count). The van der Waals surface area contributed by atoms with Gasteiger partial charge in [0.05, 0.1) is 30.1 Å². The van der Waals surface area contributed by atoms with Crippen LogP contribution in [0.5, 0.6) is 0 Å². The van der Waals surface area contributed by atoms with Crippen molar-refractivity contribution < 1.29 is 0 Å². The highest BCUT2D eigenvalue weighted by atomic mass is 15.1. The lowest BCUT2D eigenvalue weighted by Gasteiger charge is -2.09. The smallest absolute Gasteiger partial charge is 0.0995 e. The molecule has 2 aromatic heterocycles. The lowest BCUT2D eigenvalue weighted by Crippen LogP contribution is -2.10. The lowest BCUT2D eigenvalue weighted by molar-refractivity contribution is 0.751. The van der Waals surface area contributed by atoms with Crippen LogP contribution in [0.25, 0.3) is 5.69 Å². The second kappa shape index (κ2) is 3.59. The van der Waals surface area contributed by atoms with E-state index in [0.717, 1.165) is 11.4 Å². The maximum absolute atomic E-state index is 5.82. The van der Waals surface area contributed by atoms with Crippen molar-refractivity contribution in [3.63, 3.8) is 0 Å². The summed E-state index contributed by atoms with van der Waals surface area (Å²) in [5.74, 6) is 0. The highest BCUT2D eigenvalue weighted by Gasteiger charge is 2.07. The van der Waals surface area contributed by atoms with Gasteiger partial charge in [0.1, 0.15) is 0 Å². The van der Waals surface area contributed by atoms with Crippen LogP contribution in [0.3, 0.4) is 0 Å². The van der Waals surface area contributed by atoms with Gasteiger partial charge in [-0.2, -0.15) is 0 Å². The van der Waals surface area contributed by atoms with E-state index in [1.54, 1.807) is 24.9 Å². The van der Waals surface area contributed by atoms with Crippen LogP contribution in [0.15, 0.2) is 37.1 Å². The molecule has 0 saturated carbocycles. The van der Waals surface area contributed by atoms with Gasteiger partial charge in [0.25, 0.3) is 0 Å². The second-order valence-corrected chi connectivity index (χ2v) is 3.19. The van der Waals surface area contributed by atoms with Crippen molar-refractivity contribution in [3.8, 4) is 5.69 Å². The van der Waals surface area contributed by atoms with Gasteiger partial charge in [-0.05, 0) is 19.1 Å². The zero-order valence-corrected chi connectivity index (χ0v) is 7.96. The zero-order valence-electron chi connectivity index (χ0n) is 7.96. The average Bonchev–Trinajstić information content (AvgIpc) is 2.67. The van der Waals surface area contributed by atoms with Crippen molar-refractivity contribution in [2.75, 3.05) is 0 Å². The van der Waals surface area contributed by atoms with Crippen LogP contribution in [-0.4, -0.2) is 14.5 Å². The molecular weight excluding hydrogens is 176 g/mol. The van der Waals surface area contributed by atoms with Crippen LogP contribution in [0.1, 0.15) is 18.7 Å². The Morgan fingerprint density at radius 1 is 1.36 bits per heavy atom. The fourth-order valence-electron chi connectivity index (χ4n) is 1.35. The van der Waals surface area contributed by atoms with Crippen LogP contribution in [0.4, 0.5) is 0 Å². The minimum Gasteiger partial charge on any atom is -0.323 e. The minimum atomic E-state index is -0.0299. The van der Waals surface area contributed by atoms with Gasteiger partial charge in [-0.25, -0.2) is 4.98 Å². The Labute approximate surface area is 82.4 Å². The Kier molecular flexibility index (Phi) is 2.28. The third kappa shape index (κ3) is 1.52. The molecule has 72 valence electrons. The molecule has 0 aliphatic carbocycles. The molecule has 4 heteroatoms. The molecule has 0 aliphatic heterocycles. The van der Waals surface area contributed by atoms with Gasteiger partial charge in [0, 0.05) is 12.2 Å². The van der Waals surface area contributed by atoms with Gasteiger partial charge >= 0.3 is 0 Å². The van der Waals surface area contributed by atoms with E-state index in [-0.39, 0.29) is 6.04 Å². The fraction of sp³-hybridized carbons (Fsp3) is 0.200. The maximum Gasteiger partial charge on any atom is 0.0995 e. The Morgan fingerprint density at radius 3 is 2.86 bits per heavy atom. The van der Waals surface area contributed by atoms with Gasteiger partial charge < -0.3 is 10.3 Å². The predicted molar refractivity (Wildman–Crippen MR) is 54.0 cm³/mol. The quantitative estimate of drug-likeness (QED) is 0.772. The first-order chi connectivity index (χ1) is 6.79. The first kappa shape index (κ1) is 8.90. The van der Waals surface area contributed by atoms with Gasteiger partial charge in [0.15, 0.2) is 0 Å². The van der Waals surface area contributed by atoms with E-state index in [4.69, 9.17) is 5.73 Å². The topological polar surface area (TPSA) is 56.7 Å². The summed E-state index contributed by atoms with van der Waals surface area (Å²) >= 11 is 0. The maximum atomic E-state index is 5.82. The molecule has 2 heterocycles. The van der Waals surface area contributed by atoms with Crippen LogP contribution < -0.4 is 5.73 Å². The standard InChI is InChI=1S/C10H12N4/c1-8(11)10-6-13-7-14(10)9-3-2-4-12-5-9/h2-8H,11H2,1H3/t8-/m1/s1. The van der Waals surface area contributed by atoms with E-state index < -0.39 is 0 Å². The minimum absolute atomic E-state index is 0.0299. The summed E-state index contributed by atoms with van der Waals surface area (Å²) in [6.45, 7) is 1.93. The third-order valence-electron chi connectivity index (χ3n) is 2.06. The van der Waals surface area contributed by atoms with Crippen molar-refractivity contribution in [1.82, 2.24) is 14.5 Å². The molecule has 0 unspecified atom stereocenters. The summed E-state index contributed by atoms with van der Waals surface area (Å²) in [5, 5.41) is 0. The Hall–Kier alpha value is -1.68. The lowest BCUT2D eigenvalue weighted by atomic mass is 10.2. The van der Waals surface area contributed by atoms with Gasteiger partial charge in [-0.3, -0.25) is 4.98 Å². The predicted octanol–water partition coefficient (Wildman–Crippen LogP) is 1.29. The molecule has 0 bridgehead atoms. The number of pyridine rings is 1. The number of hydrogen-bond acceptors (Lipinski definition) is 3. The van der Waals surface area contributed by atoms with Crippen molar-refractivity contribution in [3.05, 3.63) is 42.7 Å². The van der Waals surface area contributed by atoms with Crippen molar-refractivity contribution in [2.24, 2.45) is 5.73 Å². The second-order valence-electron chi connectivity index (χ2n) is 3.19. The number of nitrogens with two attached hydrogens (primary N) is 1. The van der Waals surface area contributed by atoms with Crippen molar-refractivity contribution in [1.29, 1.82) is 0 Å². The molecule has 2 N–H and O–H groups in total. The summed E-state index contributed by atoms with van der Waals surface area (Å²) in [4.78, 5) is 8.13. The Morgan fingerprint density at radius 2 is 2.21 bits per heavy atom. The normalized spacial score (nSPS) is 12.7. The van der Waals surface area contributed by atoms with E-state index in [1.807, 2.05) is 23.6 Å². The summed E-state index contributed by atoms with van der Waals surface area (Å²) in [7, 11) is 0. The Bertz CT molecular complexity index is 405. The largest absolute Gasteiger partial charge is 0.323 e. The van der Waals surface area contributed by atoms with Crippen LogP contribution in [-0.2, 0) is 0 Å². The number of imidazole rings is 1. The average molecular weight is 188 g/mol. The first-order valence-corrected chi connectivity index (χ1v) is 4.47. The van der Waals surface area contributed by atoms with Crippen LogP contribution >= 0.6 is 0 Å². The number of hydrogen-bond donors (Lipinski definition) is 1. The molecule has 14 heavy (non-hydrogen) atoms. The number of aromatic nitrogens is 3. The number of nitrogens with zero attached hydrogens (tertiary/aromatic N) is 3. The van der Waals surface area contributed by atoms with Crippen molar-refractivity contribution >= 4 is 0 Å². The van der Waals surface area contributed by atoms with Crippen LogP contribution in [0, 0.1) is 0 Å². The fourth-order valence-corrected chi connectivity index (χ4v) is 1.35. The molecule has 0 aliphatic rings. The molecule has 2 aromatic rings. The summed E-state index contributed by atoms with van der Waals surface area (Å²) in [6, 6.07) is 3.83. The van der Waals surface area contributed by atoms with E-state index in [2.05, 4.69) is 9.97 Å². The SMILES string of the molecule is C[C@@H](N)c1cncn1-c1cccnc1. The van der Waals surface area contributed by atoms with Gasteiger partial charge in [0.2, 0.25) is 0 Å². The Balaban J connectivity index is 2.47. The molecule has 0 aromatic carbocycles. The van der Waals surface area contributed by atoms with E-state index >= 15 is 0 Å². The molecule has 1 atom stereocenters. The highest BCUT2D eigenvalue weighted by Crippen LogP contribution is 2.14. The molecule has 0 spiro atoms. The van der Waals surface area contributed by atoms with Gasteiger partial charge in [-0.1, -0.05) is 0 Å². The third-order valence-corrected chi connectivity index (χ3v) is 2.06. The summed E-state index contributed by atoms with van der Waals surface area (Å²) in [6.07, 6.45) is 7.05. The van der Waals surface area contributed by atoms with Crippen LogP contribution in [0.2, 0.25) is 0 Å². The zero-order chi connectivity index (χ0) is 9.97. The monoisotopic (exact) mass is 188 g/mol. The van der Waals surface area contributed by atoms with E-state index in [0.29, 0.717) is 0 Å². The van der Waals surface area contributed by atoms with E-state index in [1.165, 1.54) is 0 Å². The van der Waals surface area contributed by atoms with E-state index in [9.17, 15) is 0 Å². The molecule has 0 amide bonds. The molecule has 4 nitrogen and oxygen atoms in total. The molecule has 0 fully saturated rings. The highest BCUT2D eigenvalue weighted by molar-refractivity contribution is 5.30. The summed E-state index contributed by atoms with van der Waals surface area (Å²) < 4.78 is 1.94. The molecule has 0 radical (unpaired) electrons. The molecular formula is C10H12N4. The van der Waals surface area contributed by atoms with Gasteiger partial charge in [-0.15, -0.1) is 0 Å². The van der Waals surface area contributed by atoms with Crippen molar-refractivity contribution in [2.45, 2.75) is 13.0 Å². The summed E-state index contributed by atoms with van der Waals surface area (Å²) in [5.41, 5.74) is 7.78. The number of rotatable bonds is 2. The first-order valence-electron chi connectivity index (χ1n) is 4.47. The molecule has 0 saturated heterocycles.